The van der Waals surface area contributed by atoms with E-state index in [-0.39, 0.29) is 10.8 Å². The predicted octanol–water partition coefficient (Wildman–Crippen LogP) is 5.18. The fraction of sp³-hybridized carbons (Fsp3) is 0.0526. The molecule has 3 rings (SSSR count). The number of halogens is 3. The Morgan fingerprint density at radius 3 is 2.42 bits per heavy atom. The highest BCUT2D eigenvalue weighted by atomic mass is 32.1. The number of hydrogen-bond donors (Lipinski definition) is 2. The number of alkyl halides is 3. The number of rotatable bonds is 3. The molecule has 3 nitrogen and oxygen atoms in total. The zero-order chi connectivity index (χ0) is 18.6. The second-order valence-electron chi connectivity index (χ2n) is 5.44. The molecule has 3 aromatic carbocycles. The number of nitrogens with one attached hydrogen (secondary N) is 2. The first-order valence-electron chi connectivity index (χ1n) is 7.69. The number of nitrogens with zero attached hydrogens (tertiary/aromatic N) is 1. The summed E-state index contributed by atoms with van der Waals surface area (Å²) in [5.74, 6) is 0. The van der Waals surface area contributed by atoms with Gasteiger partial charge in [0.2, 0.25) is 0 Å². The van der Waals surface area contributed by atoms with Crippen molar-refractivity contribution in [3.63, 3.8) is 0 Å². The quantitative estimate of drug-likeness (QED) is 0.377. The van der Waals surface area contributed by atoms with E-state index >= 15 is 0 Å². The van der Waals surface area contributed by atoms with Gasteiger partial charge in [-0.15, -0.1) is 0 Å². The monoisotopic (exact) mass is 373 g/mol. The van der Waals surface area contributed by atoms with E-state index in [0.717, 1.165) is 22.4 Å². The predicted molar refractivity (Wildman–Crippen MR) is 102 cm³/mol. The molecule has 0 saturated carbocycles. The van der Waals surface area contributed by atoms with Crippen molar-refractivity contribution in [1.82, 2.24) is 5.43 Å². The second kappa shape index (κ2) is 7.53. The van der Waals surface area contributed by atoms with Gasteiger partial charge in [-0.1, -0.05) is 54.6 Å². The zero-order valence-corrected chi connectivity index (χ0v) is 14.2. The van der Waals surface area contributed by atoms with Crippen molar-refractivity contribution < 1.29 is 13.2 Å². The number of hydrazone groups is 1. The molecule has 0 bridgehead atoms. The molecule has 0 spiro atoms. The van der Waals surface area contributed by atoms with E-state index in [4.69, 9.17) is 12.2 Å². The number of anilines is 1. The molecule has 0 aliphatic rings. The van der Waals surface area contributed by atoms with E-state index in [2.05, 4.69) is 15.8 Å². The van der Waals surface area contributed by atoms with Gasteiger partial charge in [0.1, 0.15) is 0 Å². The largest absolute Gasteiger partial charge is 0.418 e. The second-order valence-corrected chi connectivity index (χ2v) is 5.84. The SMILES string of the molecule is FC(F)(F)c1ccccc1NC(=S)N/N=C/c1cccc2ccccc12. The number of benzene rings is 3. The van der Waals surface area contributed by atoms with E-state index in [1.54, 1.807) is 6.21 Å². The maximum Gasteiger partial charge on any atom is 0.418 e. The van der Waals surface area contributed by atoms with Crippen molar-refractivity contribution in [2.45, 2.75) is 6.18 Å². The van der Waals surface area contributed by atoms with Crippen molar-refractivity contribution in [3.05, 3.63) is 77.9 Å². The van der Waals surface area contributed by atoms with Gasteiger partial charge in [-0.05, 0) is 35.1 Å². The normalized spacial score (nSPS) is 11.7. The van der Waals surface area contributed by atoms with Crippen LogP contribution in [-0.4, -0.2) is 11.3 Å². The van der Waals surface area contributed by atoms with Crippen molar-refractivity contribution >= 4 is 40.0 Å². The van der Waals surface area contributed by atoms with Gasteiger partial charge in [0.25, 0.3) is 0 Å². The van der Waals surface area contributed by atoms with Gasteiger partial charge in [0, 0.05) is 5.56 Å². The van der Waals surface area contributed by atoms with Crippen LogP contribution in [-0.2, 0) is 6.18 Å². The van der Waals surface area contributed by atoms with Gasteiger partial charge in [-0.2, -0.15) is 18.3 Å². The molecule has 0 atom stereocenters. The Morgan fingerprint density at radius 2 is 1.62 bits per heavy atom. The van der Waals surface area contributed by atoms with E-state index in [9.17, 15) is 13.2 Å². The summed E-state index contributed by atoms with van der Waals surface area (Å²) >= 11 is 5.03. The molecule has 0 radical (unpaired) electrons. The molecule has 26 heavy (non-hydrogen) atoms. The molecular weight excluding hydrogens is 359 g/mol. The molecule has 0 aliphatic heterocycles. The van der Waals surface area contributed by atoms with Crippen LogP contribution in [0.5, 0.6) is 0 Å². The van der Waals surface area contributed by atoms with E-state index < -0.39 is 11.7 Å². The van der Waals surface area contributed by atoms with Gasteiger partial charge in [-0.25, -0.2) is 0 Å². The molecular formula is C19H14F3N3S. The van der Waals surface area contributed by atoms with Crippen LogP contribution in [0.25, 0.3) is 10.8 Å². The fourth-order valence-electron chi connectivity index (χ4n) is 2.51. The van der Waals surface area contributed by atoms with Crippen LogP contribution in [0.4, 0.5) is 18.9 Å². The van der Waals surface area contributed by atoms with Crippen LogP contribution in [0, 0.1) is 0 Å². The highest BCUT2D eigenvalue weighted by Crippen LogP contribution is 2.34. The first-order valence-corrected chi connectivity index (χ1v) is 8.10. The molecule has 3 aromatic rings. The van der Waals surface area contributed by atoms with Crippen LogP contribution < -0.4 is 10.7 Å². The Balaban J connectivity index is 1.71. The van der Waals surface area contributed by atoms with E-state index in [1.165, 1.54) is 18.2 Å². The third kappa shape index (κ3) is 4.18. The molecule has 7 heteroatoms. The summed E-state index contributed by atoms with van der Waals surface area (Å²) in [5.41, 5.74) is 2.50. The van der Waals surface area contributed by atoms with Crippen LogP contribution in [0.3, 0.4) is 0 Å². The molecule has 132 valence electrons. The standard InChI is InChI=1S/C19H14F3N3S/c20-19(21,22)16-10-3-4-11-17(16)24-18(26)25-23-12-14-8-5-7-13-6-1-2-9-15(13)14/h1-12H,(H2,24,25,26)/b23-12+. The topological polar surface area (TPSA) is 36.4 Å². The van der Waals surface area contributed by atoms with Crippen LogP contribution >= 0.6 is 12.2 Å². The highest BCUT2D eigenvalue weighted by Gasteiger charge is 2.33. The van der Waals surface area contributed by atoms with Gasteiger partial charge in [0.05, 0.1) is 17.5 Å². The minimum absolute atomic E-state index is 0.0295. The van der Waals surface area contributed by atoms with Gasteiger partial charge >= 0.3 is 6.18 Å². The molecule has 0 amide bonds. The molecule has 0 aliphatic carbocycles. The summed E-state index contributed by atoms with van der Waals surface area (Å²) in [7, 11) is 0. The van der Waals surface area contributed by atoms with E-state index in [0.29, 0.717) is 0 Å². The lowest BCUT2D eigenvalue weighted by Crippen LogP contribution is -2.25. The summed E-state index contributed by atoms with van der Waals surface area (Å²) in [6.45, 7) is 0. The summed E-state index contributed by atoms with van der Waals surface area (Å²) < 4.78 is 39.0. The summed E-state index contributed by atoms with van der Waals surface area (Å²) in [5, 5.41) is 8.60. The first kappa shape index (κ1) is 17.9. The maximum absolute atomic E-state index is 13.0. The molecule has 0 heterocycles. The minimum Gasteiger partial charge on any atom is -0.331 e. The Morgan fingerprint density at radius 1 is 0.923 bits per heavy atom. The smallest absolute Gasteiger partial charge is 0.331 e. The lowest BCUT2D eigenvalue weighted by atomic mass is 10.1. The molecule has 0 fully saturated rings. The van der Waals surface area contributed by atoms with Crippen LogP contribution in [0.15, 0.2) is 71.8 Å². The Bertz CT molecular complexity index is 962. The minimum atomic E-state index is -4.47. The molecule has 2 N–H and O–H groups in total. The fourth-order valence-corrected chi connectivity index (χ4v) is 2.68. The lowest BCUT2D eigenvalue weighted by molar-refractivity contribution is -0.136. The molecule has 0 aromatic heterocycles. The number of fused-ring (bicyclic) bond motifs is 1. The Kier molecular flexibility index (Phi) is 5.18. The highest BCUT2D eigenvalue weighted by molar-refractivity contribution is 7.80. The number of thiocarbonyl (C=S) groups is 1. The third-order valence-electron chi connectivity index (χ3n) is 3.67. The van der Waals surface area contributed by atoms with Crippen LogP contribution in [0.2, 0.25) is 0 Å². The number of para-hydroxylation sites is 1. The van der Waals surface area contributed by atoms with Crippen molar-refractivity contribution in [3.8, 4) is 0 Å². The van der Waals surface area contributed by atoms with Crippen molar-refractivity contribution in [2.24, 2.45) is 5.10 Å². The Hall–Kier alpha value is -2.93. The van der Waals surface area contributed by atoms with Gasteiger partial charge in [-0.3, -0.25) is 5.43 Å². The summed E-state index contributed by atoms with van der Waals surface area (Å²) in [6, 6.07) is 18.7. The van der Waals surface area contributed by atoms with Crippen LogP contribution in [0.1, 0.15) is 11.1 Å². The maximum atomic E-state index is 13.0. The Labute approximate surface area is 153 Å². The molecule has 0 saturated heterocycles. The average Bonchev–Trinajstić information content (AvgIpc) is 2.61. The lowest BCUT2D eigenvalue weighted by Gasteiger charge is -2.14. The van der Waals surface area contributed by atoms with E-state index in [1.807, 2.05) is 42.5 Å². The first-order chi connectivity index (χ1) is 12.4. The zero-order valence-electron chi connectivity index (χ0n) is 13.4. The summed E-state index contributed by atoms with van der Waals surface area (Å²) in [6.07, 6.45) is -2.89. The number of hydrogen-bond acceptors (Lipinski definition) is 2. The van der Waals surface area contributed by atoms with Gasteiger partial charge in [0.15, 0.2) is 5.11 Å². The van der Waals surface area contributed by atoms with Gasteiger partial charge < -0.3 is 5.32 Å². The van der Waals surface area contributed by atoms with Crippen molar-refractivity contribution in [1.29, 1.82) is 0 Å². The van der Waals surface area contributed by atoms with Crippen molar-refractivity contribution in [2.75, 3.05) is 5.32 Å². The average molecular weight is 373 g/mol. The molecule has 0 unspecified atom stereocenters. The third-order valence-corrected chi connectivity index (χ3v) is 3.87. The summed E-state index contributed by atoms with van der Waals surface area (Å²) in [4.78, 5) is 0.